The average molecular weight is 722 g/mol. The Balaban J connectivity index is 1.09. The van der Waals surface area contributed by atoms with Gasteiger partial charge in [-0.05, 0) is 83.5 Å². The van der Waals surface area contributed by atoms with Gasteiger partial charge in [0.15, 0.2) is 5.58 Å². The first-order valence-electron chi connectivity index (χ1n) is 19.7. The zero-order chi connectivity index (χ0) is 37.0. The molecule has 8 aromatic rings. The molecule has 11 rings (SSSR count). The number of hydrogen-bond donors (Lipinski definition) is 1. The van der Waals surface area contributed by atoms with Gasteiger partial charge in [0, 0.05) is 33.3 Å². The third kappa shape index (κ3) is 5.48. The Morgan fingerprint density at radius 2 is 1.46 bits per heavy atom. The summed E-state index contributed by atoms with van der Waals surface area (Å²) in [5.74, 6) is 1.24. The fourth-order valence-electron chi connectivity index (χ4n) is 9.03. The van der Waals surface area contributed by atoms with Crippen molar-refractivity contribution in [2.75, 3.05) is 0 Å². The van der Waals surface area contributed by atoms with Crippen LogP contribution < -0.4 is 5.32 Å². The molecule has 3 heterocycles. The maximum atomic E-state index is 6.97. The smallest absolute Gasteiger partial charge is 0.159 e. The van der Waals surface area contributed by atoms with Crippen molar-refractivity contribution in [1.82, 2.24) is 9.88 Å². The zero-order valence-electron chi connectivity index (χ0n) is 30.9. The summed E-state index contributed by atoms with van der Waals surface area (Å²) in [6.07, 6.45) is 17.1. The van der Waals surface area contributed by atoms with E-state index in [0.29, 0.717) is 5.92 Å². The van der Waals surface area contributed by atoms with Crippen molar-refractivity contribution >= 4 is 50.5 Å². The maximum absolute atomic E-state index is 6.97. The van der Waals surface area contributed by atoms with Crippen LogP contribution >= 0.6 is 0 Å². The number of nitrogens with one attached hydrogen (secondary N) is 1. The number of aromatic nitrogens is 1. The van der Waals surface area contributed by atoms with Crippen LogP contribution in [0.15, 0.2) is 191 Å². The van der Waals surface area contributed by atoms with Crippen molar-refractivity contribution in [1.29, 1.82) is 0 Å². The van der Waals surface area contributed by atoms with Gasteiger partial charge in [-0.1, -0.05) is 151 Å². The minimum absolute atomic E-state index is 0.133. The van der Waals surface area contributed by atoms with E-state index >= 15 is 0 Å². The first-order chi connectivity index (χ1) is 27.8. The number of hydrogen-bond acceptors (Lipinski definition) is 3. The van der Waals surface area contributed by atoms with Gasteiger partial charge in [0.25, 0.3) is 0 Å². The highest BCUT2D eigenvalue weighted by atomic mass is 16.3. The van der Waals surface area contributed by atoms with Crippen molar-refractivity contribution in [3.05, 3.63) is 209 Å². The fraction of sp³-hybridized carbons (Fsp3) is 0.0962. The molecule has 0 amide bonds. The third-order valence-corrected chi connectivity index (χ3v) is 11.7. The molecule has 3 aliphatic rings. The molecular formula is C52H39N3O. The molecule has 268 valence electrons. The number of aliphatic imine (C=N–C) groups is 1. The lowest BCUT2D eigenvalue weighted by atomic mass is 9.83. The Morgan fingerprint density at radius 3 is 2.25 bits per heavy atom. The molecule has 2 aliphatic carbocycles. The van der Waals surface area contributed by atoms with Crippen molar-refractivity contribution in [3.8, 4) is 16.8 Å². The standard InChI is InChI=1S/C52H39N3O/c1-5-15-34(16-6-1)38-27-29-46-42(31-38)43-32-39(35-17-7-2-8-18-35)28-30-47(43)55(46)48-25-13-24-41-50-40(23-14-26-49(50)56-51(41)48)45-33-44(36-19-9-3-10-20-36)53-52(54-45)37-21-11-4-12-22-37/h1-7,9-17,19-31,33,39,45H,8,18,32H2,(H,53,54). The van der Waals surface area contributed by atoms with E-state index in [-0.39, 0.29) is 6.04 Å². The quantitative estimate of drug-likeness (QED) is 0.186. The highest BCUT2D eigenvalue weighted by Gasteiger charge is 2.28. The second kappa shape index (κ2) is 13.4. The van der Waals surface area contributed by atoms with Gasteiger partial charge < -0.3 is 14.3 Å². The van der Waals surface area contributed by atoms with Gasteiger partial charge in [0.1, 0.15) is 11.4 Å². The molecule has 0 radical (unpaired) electrons. The summed E-state index contributed by atoms with van der Waals surface area (Å²) in [6, 6.07) is 51.5. The number of furan rings is 1. The van der Waals surface area contributed by atoms with E-state index in [0.717, 1.165) is 75.1 Å². The van der Waals surface area contributed by atoms with Crippen molar-refractivity contribution in [3.63, 3.8) is 0 Å². The molecule has 2 unspecified atom stereocenters. The summed E-state index contributed by atoms with van der Waals surface area (Å²) in [4.78, 5) is 5.13. The van der Waals surface area contributed by atoms with Crippen molar-refractivity contribution < 1.29 is 4.42 Å². The lowest BCUT2D eigenvalue weighted by molar-refractivity contribution is 0.664. The molecule has 0 fully saturated rings. The Labute approximate surface area is 326 Å². The van der Waals surface area contributed by atoms with E-state index in [2.05, 4.69) is 180 Å². The molecule has 6 aromatic carbocycles. The molecule has 2 aromatic heterocycles. The SMILES string of the molecule is C1=CCCC(C2C=Cc3c(c4cc(-c5ccccc5)ccc4n3-c3cccc4c3oc3cccc(C5C=C(c6ccccc6)N=C(c6ccccc6)N5)c34)C2)=C1. The largest absolute Gasteiger partial charge is 0.454 e. The lowest BCUT2D eigenvalue weighted by Gasteiger charge is -2.25. The molecule has 0 spiro atoms. The molecule has 0 saturated heterocycles. The molecule has 4 heteroatoms. The predicted molar refractivity (Wildman–Crippen MR) is 232 cm³/mol. The second-order valence-corrected chi connectivity index (χ2v) is 15.0. The van der Waals surface area contributed by atoms with Crippen LogP contribution in [0.25, 0.3) is 61.4 Å². The van der Waals surface area contributed by atoms with Crippen LogP contribution in [0.2, 0.25) is 0 Å². The van der Waals surface area contributed by atoms with Gasteiger partial charge in [-0.3, -0.25) is 0 Å². The molecule has 1 aliphatic heterocycles. The summed E-state index contributed by atoms with van der Waals surface area (Å²) in [5, 5.41) is 7.31. The Bertz CT molecular complexity index is 2960. The summed E-state index contributed by atoms with van der Waals surface area (Å²) in [6.45, 7) is 0. The number of para-hydroxylation sites is 1. The van der Waals surface area contributed by atoms with Gasteiger partial charge >= 0.3 is 0 Å². The van der Waals surface area contributed by atoms with Gasteiger partial charge in [-0.25, -0.2) is 4.99 Å². The fourth-order valence-corrected chi connectivity index (χ4v) is 9.03. The number of fused-ring (bicyclic) bond motifs is 6. The van der Waals surface area contributed by atoms with E-state index in [9.17, 15) is 0 Å². The number of amidine groups is 1. The predicted octanol–water partition coefficient (Wildman–Crippen LogP) is 12.8. The molecule has 1 N–H and O–H groups in total. The van der Waals surface area contributed by atoms with Crippen LogP contribution in [-0.4, -0.2) is 10.4 Å². The van der Waals surface area contributed by atoms with Gasteiger partial charge in [0.05, 0.1) is 22.9 Å². The summed E-state index contributed by atoms with van der Waals surface area (Å²) in [5.41, 5.74) is 14.8. The number of rotatable bonds is 6. The maximum Gasteiger partial charge on any atom is 0.159 e. The zero-order valence-corrected chi connectivity index (χ0v) is 30.9. The molecule has 56 heavy (non-hydrogen) atoms. The summed E-state index contributed by atoms with van der Waals surface area (Å²) in [7, 11) is 0. The summed E-state index contributed by atoms with van der Waals surface area (Å²) >= 11 is 0. The average Bonchev–Trinajstić information content (AvgIpc) is 3.83. The normalized spacial score (nSPS) is 17.8. The molecule has 2 atom stereocenters. The van der Waals surface area contributed by atoms with Gasteiger partial charge in [-0.2, -0.15) is 0 Å². The van der Waals surface area contributed by atoms with Crippen LogP contribution in [-0.2, 0) is 6.42 Å². The Kier molecular flexibility index (Phi) is 7.80. The highest BCUT2D eigenvalue weighted by molar-refractivity contribution is 6.11. The Morgan fingerprint density at radius 1 is 0.696 bits per heavy atom. The van der Waals surface area contributed by atoms with E-state index in [1.165, 1.54) is 38.9 Å². The van der Waals surface area contributed by atoms with Gasteiger partial charge in [0.2, 0.25) is 0 Å². The first-order valence-corrected chi connectivity index (χ1v) is 19.7. The van der Waals surface area contributed by atoms with Gasteiger partial charge in [-0.15, -0.1) is 0 Å². The van der Waals surface area contributed by atoms with Crippen LogP contribution in [0, 0.1) is 5.92 Å². The monoisotopic (exact) mass is 721 g/mol. The van der Waals surface area contributed by atoms with Crippen LogP contribution in [0.1, 0.15) is 46.8 Å². The molecule has 4 nitrogen and oxygen atoms in total. The molecule has 0 bridgehead atoms. The van der Waals surface area contributed by atoms with Crippen LogP contribution in [0.5, 0.6) is 0 Å². The number of allylic oxidation sites excluding steroid dienone is 5. The van der Waals surface area contributed by atoms with Crippen LogP contribution in [0.4, 0.5) is 0 Å². The van der Waals surface area contributed by atoms with E-state index in [1.807, 2.05) is 12.1 Å². The number of nitrogens with zero attached hydrogens (tertiary/aromatic N) is 2. The highest BCUT2D eigenvalue weighted by Crippen LogP contribution is 2.44. The van der Waals surface area contributed by atoms with E-state index < -0.39 is 0 Å². The van der Waals surface area contributed by atoms with E-state index in [4.69, 9.17) is 9.41 Å². The summed E-state index contributed by atoms with van der Waals surface area (Å²) < 4.78 is 9.41. The van der Waals surface area contributed by atoms with E-state index in [1.54, 1.807) is 0 Å². The van der Waals surface area contributed by atoms with Crippen LogP contribution in [0.3, 0.4) is 0 Å². The molecule has 0 saturated carbocycles. The molecular weight excluding hydrogens is 683 g/mol. The third-order valence-electron chi connectivity index (χ3n) is 11.7. The Hall–Kier alpha value is -6.91. The van der Waals surface area contributed by atoms with Crippen molar-refractivity contribution in [2.24, 2.45) is 10.9 Å². The second-order valence-electron chi connectivity index (χ2n) is 15.0. The van der Waals surface area contributed by atoms with Crippen molar-refractivity contribution in [2.45, 2.75) is 25.3 Å². The first kappa shape index (κ1) is 32.5. The topological polar surface area (TPSA) is 42.5 Å². The lowest BCUT2D eigenvalue weighted by Crippen LogP contribution is -2.31. The number of benzene rings is 6. The minimum Gasteiger partial charge on any atom is -0.454 e. The minimum atomic E-state index is -0.133.